The van der Waals surface area contributed by atoms with E-state index in [0.29, 0.717) is 22.8 Å². The maximum Gasteiger partial charge on any atom is 0.248 e. The number of hydrogen-bond acceptors (Lipinski definition) is 3. The standard InChI is InChI=1S/C16H13ClN2OS/c17-13-6-5-10(16(18)20)7-14(13)19-8-11-9-21-15-4-2-1-3-12(11)15/h1-7,9,19H,8H2,(H2,18,20). The lowest BCUT2D eigenvalue weighted by atomic mass is 10.1. The van der Waals surface area contributed by atoms with Gasteiger partial charge in [-0.05, 0) is 40.6 Å². The molecule has 3 rings (SSSR count). The zero-order chi connectivity index (χ0) is 14.8. The van der Waals surface area contributed by atoms with Crippen molar-refractivity contribution in [2.75, 3.05) is 5.32 Å². The highest BCUT2D eigenvalue weighted by Crippen LogP contribution is 2.28. The summed E-state index contributed by atoms with van der Waals surface area (Å²) >= 11 is 7.86. The monoisotopic (exact) mass is 316 g/mol. The molecule has 0 atom stereocenters. The Labute approximate surface area is 131 Å². The molecular formula is C16H13ClN2OS. The molecule has 0 spiro atoms. The summed E-state index contributed by atoms with van der Waals surface area (Å²) in [7, 11) is 0. The number of benzene rings is 2. The summed E-state index contributed by atoms with van der Waals surface area (Å²) in [6.07, 6.45) is 0. The van der Waals surface area contributed by atoms with Crippen molar-refractivity contribution in [1.29, 1.82) is 0 Å². The highest BCUT2D eigenvalue weighted by Gasteiger charge is 2.07. The Balaban J connectivity index is 1.84. The molecule has 0 fully saturated rings. The van der Waals surface area contributed by atoms with Crippen LogP contribution < -0.4 is 11.1 Å². The van der Waals surface area contributed by atoms with Crippen LogP contribution >= 0.6 is 22.9 Å². The van der Waals surface area contributed by atoms with Gasteiger partial charge in [0.25, 0.3) is 0 Å². The molecule has 3 N–H and O–H groups in total. The molecule has 2 aromatic carbocycles. The van der Waals surface area contributed by atoms with Gasteiger partial charge in [0.05, 0.1) is 10.7 Å². The highest BCUT2D eigenvalue weighted by molar-refractivity contribution is 7.17. The number of carbonyl (C=O) groups is 1. The van der Waals surface area contributed by atoms with Gasteiger partial charge in [-0.3, -0.25) is 4.79 Å². The van der Waals surface area contributed by atoms with E-state index in [9.17, 15) is 4.79 Å². The Hall–Kier alpha value is -2.04. The molecule has 0 bridgehead atoms. The van der Waals surface area contributed by atoms with Gasteiger partial charge in [-0.2, -0.15) is 0 Å². The quantitative estimate of drug-likeness (QED) is 0.755. The molecule has 3 aromatic rings. The number of anilines is 1. The number of carbonyl (C=O) groups excluding carboxylic acids is 1. The van der Waals surface area contributed by atoms with Gasteiger partial charge in [-0.25, -0.2) is 0 Å². The Bertz CT molecular complexity index is 813. The molecule has 0 aliphatic heterocycles. The first-order valence-electron chi connectivity index (χ1n) is 6.43. The zero-order valence-electron chi connectivity index (χ0n) is 11.1. The average molecular weight is 317 g/mol. The van der Waals surface area contributed by atoms with Gasteiger partial charge in [0.1, 0.15) is 0 Å². The molecule has 0 radical (unpaired) electrons. The minimum absolute atomic E-state index is 0.442. The minimum Gasteiger partial charge on any atom is -0.380 e. The van der Waals surface area contributed by atoms with Crippen molar-refractivity contribution >= 4 is 44.6 Å². The van der Waals surface area contributed by atoms with Gasteiger partial charge in [0, 0.05) is 16.8 Å². The largest absolute Gasteiger partial charge is 0.380 e. The molecule has 21 heavy (non-hydrogen) atoms. The van der Waals surface area contributed by atoms with E-state index in [1.807, 2.05) is 12.1 Å². The van der Waals surface area contributed by atoms with Crippen LogP contribution in [-0.2, 0) is 6.54 Å². The van der Waals surface area contributed by atoms with Crippen LogP contribution in [0.2, 0.25) is 5.02 Å². The summed E-state index contributed by atoms with van der Waals surface area (Å²) in [5, 5.41) is 7.20. The van der Waals surface area contributed by atoms with Gasteiger partial charge in [-0.15, -0.1) is 11.3 Å². The van der Waals surface area contributed by atoms with Crippen molar-refractivity contribution in [3.05, 3.63) is 64.0 Å². The van der Waals surface area contributed by atoms with Gasteiger partial charge in [0.2, 0.25) is 5.91 Å². The Morgan fingerprint density at radius 3 is 2.86 bits per heavy atom. The lowest BCUT2D eigenvalue weighted by Crippen LogP contribution is -2.11. The summed E-state index contributed by atoms with van der Waals surface area (Å²) in [6.45, 7) is 0.645. The van der Waals surface area contributed by atoms with E-state index in [1.165, 1.54) is 15.6 Å². The maximum absolute atomic E-state index is 11.2. The Morgan fingerprint density at radius 1 is 1.24 bits per heavy atom. The number of hydrogen-bond donors (Lipinski definition) is 2. The maximum atomic E-state index is 11.2. The molecule has 1 amide bonds. The smallest absolute Gasteiger partial charge is 0.248 e. The normalized spacial score (nSPS) is 10.7. The summed E-state index contributed by atoms with van der Waals surface area (Å²) in [4.78, 5) is 11.2. The number of amides is 1. The molecule has 0 aliphatic carbocycles. The third-order valence-corrected chi connectivity index (χ3v) is 4.62. The third-order valence-electron chi connectivity index (χ3n) is 3.28. The van der Waals surface area contributed by atoms with Gasteiger partial charge in [0.15, 0.2) is 0 Å². The summed E-state index contributed by atoms with van der Waals surface area (Å²) in [5.41, 5.74) is 7.65. The van der Waals surface area contributed by atoms with E-state index >= 15 is 0 Å². The van der Waals surface area contributed by atoms with E-state index < -0.39 is 5.91 Å². The van der Waals surface area contributed by atoms with Crippen LogP contribution in [0.5, 0.6) is 0 Å². The molecule has 0 unspecified atom stereocenters. The Morgan fingerprint density at radius 2 is 2.05 bits per heavy atom. The first-order chi connectivity index (χ1) is 10.1. The fraction of sp³-hybridized carbons (Fsp3) is 0.0625. The van der Waals surface area contributed by atoms with Crippen LogP contribution in [0.15, 0.2) is 47.8 Å². The SMILES string of the molecule is NC(=O)c1ccc(Cl)c(NCc2csc3ccccc23)c1. The van der Waals surface area contributed by atoms with E-state index in [-0.39, 0.29) is 0 Å². The average Bonchev–Trinajstić information content (AvgIpc) is 2.89. The molecule has 0 saturated heterocycles. The fourth-order valence-electron chi connectivity index (χ4n) is 2.17. The number of halogens is 1. The molecule has 1 aromatic heterocycles. The lowest BCUT2D eigenvalue weighted by Gasteiger charge is -2.09. The van der Waals surface area contributed by atoms with Crippen molar-refractivity contribution in [3.8, 4) is 0 Å². The van der Waals surface area contributed by atoms with Crippen LogP contribution in [0.1, 0.15) is 15.9 Å². The van der Waals surface area contributed by atoms with E-state index in [2.05, 4.69) is 22.8 Å². The van der Waals surface area contributed by atoms with Crippen molar-refractivity contribution in [2.24, 2.45) is 5.73 Å². The van der Waals surface area contributed by atoms with Crippen LogP contribution in [0.4, 0.5) is 5.69 Å². The third kappa shape index (κ3) is 2.86. The van der Waals surface area contributed by atoms with Crippen LogP contribution in [-0.4, -0.2) is 5.91 Å². The van der Waals surface area contributed by atoms with Crippen molar-refractivity contribution in [1.82, 2.24) is 0 Å². The number of fused-ring (bicyclic) bond motifs is 1. The van der Waals surface area contributed by atoms with Crippen LogP contribution in [0.25, 0.3) is 10.1 Å². The minimum atomic E-state index is -0.462. The molecular weight excluding hydrogens is 304 g/mol. The van der Waals surface area contributed by atoms with Gasteiger partial charge >= 0.3 is 0 Å². The topological polar surface area (TPSA) is 55.1 Å². The molecule has 1 heterocycles. The van der Waals surface area contributed by atoms with Crippen molar-refractivity contribution in [3.63, 3.8) is 0 Å². The molecule has 5 heteroatoms. The van der Waals surface area contributed by atoms with E-state index in [1.54, 1.807) is 29.5 Å². The summed E-state index contributed by atoms with van der Waals surface area (Å²) in [6, 6.07) is 13.2. The predicted octanol–water partition coefficient (Wildman–Crippen LogP) is 4.27. The first-order valence-corrected chi connectivity index (χ1v) is 7.69. The molecule has 3 nitrogen and oxygen atoms in total. The summed E-state index contributed by atoms with van der Waals surface area (Å²) < 4.78 is 1.26. The number of nitrogens with two attached hydrogens (primary N) is 1. The van der Waals surface area contributed by atoms with Crippen LogP contribution in [0.3, 0.4) is 0 Å². The second-order valence-corrected chi connectivity index (χ2v) is 5.99. The highest BCUT2D eigenvalue weighted by atomic mass is 35.5. The number of rotatable bonds is 4. The molecule has 106 valence electrons. The van der Waals surface area contributed by atoms with E-state index in [0.717, 1.165) is 0 Å². The fourth-order valence-corrected chi connectivity index (χ4v) is 3.32. The first kappa shape index (κ1) is 13.9. The zero-order valence-corrected chi connectivity index (χ0v) is 12.7. The Kier molecular flexibility index (Phi) is 3.82. The summed E-state index contributed by atoms with van der Waals surface area (Å²) in [5.74, 6) is -0.462. The number of nitrogens with one attached hydrogen (secondary N) is 1. The predicted molar refractivity (Wildman–Crippen MR) is 89.1 cm³/mol. The van der Waals surface area contributed by atoms with Crippen LogP contribution in [0, 0.1) is 0 Å². The van der Waals surface area contributed by atoms with E-state index in [4.69, 9.17) is 17.3 Å². The second kappa shape index (κ2) is 5.76. The second-order valence-electron chi connectivity index (χ2n) is 4.67. The molecule has 0 aliphatic rings. The molecule has 0 saturated carbocycles. The van der Waals surface area contributed by atoms with Crippen molar-refractivity contribution < 1.29 is 4.79 Å². The van der Waals surface area contributed by atoms with Gasteiger partial charge in [-0.1, -0.05) is 29.8 Å². The lowest BCUT2D eigenvalue weighted by molar-refractivity contribution is 0.100. The van der Waals surface area contributed by atoms with Gasteiger partial charge < -0.3 is 11.1 Å². The number of primary amides is 1. The van der Waals surface area contributed by atoms with Crippen molar-refractivity contribution in [2.45, 2.75) is 6.54 Å². The number of thiophene rings is 1.